The van der Waals surface area contributed by atoms with Gasteiger partial charge in [0.1, 0.15) is 11.6 Å². The molecule has 1 atom stereocenters. The van der Waals surface area contributed by atoms with Gasteiger partial charge >= 0.3 is 0 Å². The van der Waals surface area contributed by atoms with Crippen molar-refractivity contribution in [3.05, 3.63) is 59.2 Å². The molecule has 2 saturated heterocycles. The fourth-order valence-electron chi connectivity index (χ4n) is 5.77. The normalized spacial score (nSPS) is 18.0. The number of aromatic nitrogens is 3. The van der Waals surface area contributed by atoms with Crippen molar-refractivity contribution in [3.63, 3.8) is 0 Å². The summed E-state index contributed by atoms with van der Waals surface area (Å²) in [5.74, 6) is 0.895. The molecule has 11 heteroatoms. The van der Waals surface area contributed by atoms with Gasteiger partial charge in [-0.25, -0.2) is 18.7 Å². The molecule has 8 nitrogen and oxygen atoms in total. The molecule has 1 unspecified atom stereocenters. The van der Waals surface area contributed by atoms with E-state index in [0.717, 1.165) is 66.2 Å². The van der Waals surface area contributed by atoms with E-state index >= 15 is 4.39 Å². The quantitative estimate of drug-likeness (QED) is 0.305. The van der Waals surface area contributed by atoms with Crippen LogP contribution in [0.15, 0.2) is 41.9 Å². The number of imidazole rings is 1. The number of nitrogens with zero attached hydrogens (tertiary/aromatic N) is 7. The summed E-state index contributed by atoms with van der Waals surface area (Å²) in [6.45, 7) is 9.27. The number of aryl methyl sites for hydroxylation is 1. The number of carbonyl (C=O) groups is 1. The van der Waals surface area contributed by atoms with Crippen LogP contribution < -0.4 is 9.80 Å². The molecule has 0 N–H and O–H groups in total. The largest absolute Gasteiger partial charge is 0.368 e. The molecule has 0 radical (unpaired) electrons. The van der Waals surface area contributed by atoms with Crippen LogP contribution in [0, 0.1) is 17.6 Å². The Morgan fingerprint density at radius 3 is 2.54 bits per heavy atom. The van der Waals surface area contributed by atoms with Crippen LogP contribution in [0.3, 0.4) is 0 Å². The molecule has 216 valence electrons. The number of benzene rings is 1. The van der Waals surface area contributed by atoms with Crippen LogP contribution in [0.2, 0.25) is 0 Å². The number of likely N-dealkylation sites (tertiary alicyclic amines) is 1. The fraction of sp³-hybridized carbons (Fsp3) is 0.433. The number of halogens is 2. The fourth-order valence-corrected chi connectivity index (χ4v) is 6.57. The number of amides is 1. The first-order valence-corrected chi connectivity index (χ1v) is 15.1. The van der Waals surface area contributed by atoms with Gasteiger partial charge in [0, 0.05) is 69.5 Å². The zero-order chi connectivity index (χ0) is 28.7. The first kappa shape index (κ1) is 27.6. The summed E-state index contributed by atoms with van der Waals surface area (Å²) in [7, 11) is 1.91. The molecule has 0 bridgehead atoms. The van der Waals surface area contributed by atoms with Gasteiger partial charge in [0.05, 0.1) is 23.6 Å². The van der Waals surface area contributed by atoms with E-state index in [0.29, 0.717) is 32.0 Å². The summed E-state index contributed by atoms with van der Waals surface area (Å²) in [6.07, 6.45) is 3.67. The van der Waals surface area contributed by atoms with Crippen LogP contribution in [-0.2, 0) is 11.2 Å². The molecule has 4 aromatic rings. The molecular formula is C30H35F2N7OS. The maximum Gasteiger partial charge on any atom is 0.236 e. The predicted molar refractivity (Wildman–Crippen MR) is 159 cm³/mol. The van der Waals surface area contributed by atoms with Gasteiger partial charge in [0.15, 0.2) is 16.6 Å². The number of hydrogen-bond acceptors (Lipinski definition) is 7. The molecule has 1 amide bonds. The molecule has 2 fully saturated rings. The van der Waals surface area contributed by atoms with Crippen molar-refractivity contribution >= 4 is 39.5 Å². The summed E-state index contributed by atoms with van der Waals surface area (Å²) in [4.78, 5) is 30.5. The first-order valence-electron chi connectivity index (χ1n) is 14.2. The lowest BCUT2D eigenvalue weighted by molar-refractivity contribution is -0.131. The summed E-state index contributed by atoms with van der Waals surface area (Å²) >= 11 is 1.47. The van der Waals surface area contributed by atoms with Gasteiger partial charge in [0.2, 0.25) is 5.91 Å². The maximum atomic E-state index is 15.5. The number of anilines is 3. The third kappa shape index (κ3) is 5.52. The predicted octanol–water partition coefficient (Wildman–Crippen LogP) is 5.06. The van der Waals surface area contributed by atoms with E-state index in [1.807, 2.05) is 39.7 Å². The molecule has 41 heavy (non-hydrogen) atoms. The average Bonchev–Trinajstić information content (AvgIpc) is 3.72. The van der Waals surface area contributed by atoms with Crippen molar-refractivity contribution in [2.75, 3.05) is 62.7 Å². The minimum absolute atomic E-state index is 0.207. The smallest absolute Gasteiger partial charge is 0.236 e. The third-order valence-corrected chi connectivity index (χ3v) is 9.07. The van der Waals surface area contributed by atoms with E-state index in [9.17, 15) is 9.18 Å². The number of fused-ring (bicyclic) bond motifs is 1. The Morgan fingerprint density at radius 1 is 1.10 bits per heavy atom. The lowest BCUT2D eigenvalue weighted by Crippen LogP contribution is -2.50. The van der Waals surface area contributed by atoms with Crippen molar-refractivity contribution in [1.82, 2.24) is 24.2 Å². The number of pyridine rings is 1. The Hall–Kier alpha value is -3.57. The first-order chi connectivity index (χ1) is 19.8. The van der Waals surface area contributed by atoms with Gasteiger partial charge < -0.3 is 14.7 Å². The molecule has 2 aliphatic rings. The van der Waals surface area contributed by atoms with E-state index in [1.165, 1.54) is 23.5 Å². The Kier molecular flexibility index (Phi) is 7.65. The maximum absolute atomic E-state index is 15.5. The van der Waals surface area contributed by atoms with Crippen LogP contribution in [0.25, 0.3) is 16.9 Å². The zero-order valence-corrected chi connectivity index (χ0v) is 24.5. The van der Waals surface area contributed by atoms with E-state index < -0.39 is 0 Å². The minimum atomic E-state index is -0.372. The summed E-state index contributed by atoms with van der Waals surface area (Å²) in [6, 6.07) is 7.84. The highest BCUT2D eigenvalue weighted by Crippen LogP contribution is 2.35. The molecule has 0 spiro atoms. The van der Waals surface area contributed by atoms with Gasteiger partial charge in [0.25, 0.3) is 0 Å². The second kappa shape index (κ2) is 11.4. The summed E-state index contributed by atoms with van der Waals surface area (Å²) in [5, 5.41) is 2.67. The van der Waals surface area contributed by atoms with Crippen molar-refractivity contribution in [2.24, 2.45) is 5.92 Å². The zero-order valence-electron chi connectivity index (χ0n) is 23.7. The Labute approximate surface area is 242 Å². The molecular weight excluding hydrogens is 544 g/mol. The topological polar surface area (TPSA) is 60.2 Å². The molecule has 0 aliphatic carbocycles. The van der Waals surface area contributed by atoms with Crippen molar-refractivity contribution in [1.29, 1.82) is 0 Å². The molecule has 6 rings (SSSR count). The Morgan fingerprint density at radius 2 is 1.85 bits per heavy atom. The SMILES string of the molecule is CCc1nc2c(F)cc(N3CCN(CC(=O)N4CCC(C)C4)CC3)cn2c1N(C)c1nc(-c2ccc(F)cc2)cs1. The van der Waals surface area contributed by atoms with Crippen molar-refractivity contribution < 1.29 is 13.6 Å². The van der Waals surface area contributed by atoms with Crippen LogP contribution in [0.4, 0.5) is 25.4 Å². The van der Waals surface area contributed by atoms with E-state index in [4.69, 9.17) is 4.98 Å². The van der Waals surface area contributed by atoms with Crippen LogP contribution >= 0.6 is 11.3 Å². The minimum Gasteiger partial charge on any atom is -0.368 e. The number of hydrogen-bond donors (Lipinski definition) is 0. The third-order valence-electron chi connectivity index (χ3n) is 8.15. The summed E-state index contributed by atoms with van der Waals surface area (Å²) < 4.78 is 30.7. The van der Waals surface area contributed by atoms with Gasteiger partial charge in [-0.05, 0) is 43.0 Å². The number of rotatable bonds is 7. The molecule has 1 aromatic carbocycles. The molecule has 5 heterocycles. The van der Waals surface area contributed by atoms with Gasteiger partial charge in [-0.3, -0.25) is 14.1 Å². The highest BCUT2D eigenvalue weighted by molar-refractivity contribution is 7.14. The van der Waals surface area contributed by atoms with Crippen LogP contribution in [-0.4, -0.2) is 82.9 Å². The number of piperazine rings is 1. The second-order valence-corrected chi connectivity index (χ2v) is 11.9. The highest BCUT2D eigenvalue weighted by atomic mass is 32.1. The van der Waals surface area contributed by atoms with Crippen molar-refractivity contribution in [3.8, 4) is 11.3 Å². The van der Waals surface area contributed by atoms with E-state index in [2.05, 4.69) is 21.7 Å². The lowest BCUT2D eigenvalue weighted by Gasteiger charge is -2.36. The molecule has 0 saturated carbocycles. The highest BCUT2D eigenvalue weighted by Gasteiger charge is 2.27. The van der Waals surface area contributed by atoms with Crippen LogP contribution in [0.1, 0.15) is 26.0 Å². The monoisotopic (exact) mass is 579 g/mol. The van der Waals surface area contributed by atoms with Gasteiger partial charge in [-0.1, -0.05) is 13.8 Å². The van der Waals surface area contributed by atoms with Crippen molar-refractivity contribution in [2.45, 2.75) is 26.7 Å². The average molecular weight is 580 g/mol. The molecule has 2 aliphatic heterocycles. The van der Waals surface area contributed by atoms with Crippen LogP contribution in [0.5, 0.6) is 0 Å². The molecule has 3 aromatic heterocycles. The summed E-state index contributed by atoms with van der Waals surface area (Å²) in [5.41, 5.74) is 3.44. The lowest BCUT2D eigenvalue weighted by atomic mass is 10.2. The van der Waals surface area contributed by atoms with E-state index in [1.54, 1.807) is 18.2 Å². The standard InChI is InChI=1S/C30H35F2N7OS/c1-4-25-29(35(3)30-34-26(19-41-30)21-5-7-22(31)8-6-21)39-17-23(15-24(32)28(39)33-25)37-13-11-36(12-14-37)18-27(40)38-10-9-20(2)16-38/h5-8,15,17,19-20H,4,9-14,16,18H2,1-3H3. The number of thiazole rings is 1. The van der Waals surface area contributed by atoms with Gasteiger partial charge in [-0.2, -0.15) is 0 Å². The second-order valence-electron chi connectivity index (χ2n) is 11.1. The Balaban J connectivity index is 1.22. The Bertz CT molecular complexity index is 1540. The van der Waals surface area contributed by atoms with Gasteiger partial charge in [-0.15, -0.1) is 11.3 Å². The van der Waals surface area contributed by atoms with E-state index in [-0.39, 0.29) is 23.2 Å². The number of carbonyl (C=O) groups excluding carboxylic acids is 1.